The van der Waals surface area contributed by atoms with Gasteiger partial charge in [-0.15, -0.1) is 0 Å². The molecule has 1 aromatic carbocycles. The van der Waals surface area contributed by atoms with Crippen molar-refractivity contribution in [3.63, 3.8) is 0 Å². The van der Waals surface area contributed by atoms with Gasteiger partial charge in [-0.25, -0.2) is 0 Å². The fourth-order valence-electron chi connectivity index (χ4n) is 2.97. The molecule has 2 N–H and O–H groups in total. The summed E-state index contributed by atoms with van der Waals surface area (Å²) in [5.41, 5.74) is 4.67. The quantitative estimate of drug-likeness (QED) is 0.896. The molecule has 0 saturated heterocycles. The Balaban J connectivity index is 1.80. The average molecular weight is 270 g/mol. The van der Waals surface area contributed by atoms with E-state index in [-0.39, 0.29) is 6.10 Å². The largest absolute Gasteiger partial charge is 0.393 e. The van der Waals surface area contributed by atoms with E-state index in [1.54, 1.807) is 0 Å². The van der Waals surface area contributed by atoms with E-state index in [0.29, 0.717) is 5.92 Å². The lowest BCUT2D eigenvalue weighted by Gasteiger charge is -2.31. The molecule has 20 heavy (non-hydrogen) atoms. The number of nitrogens with one attached hydrogen (secondary N) is 1. The molecule has 0 amide bonds. The smallest absolute Gasteiger partial charge is 0.0709 e. The van der Waals surface area contributed by atoms with Crippen molar-refractivity contribution in [1.82, 2.24) is 4.98 Å². The molecule has 3 heteroatoms. The molecule has 0 spiro atoms. The highest BCUT2D eigenvalue weighted by Gasteiger charge is 2.26. The maximum atomic E-state index is 9.32. The van der Waals surface area contributed by atoms with Gasteiger partial charge in [0, 0.05) is 23.3 Å². The van der Waals surface area contributed by atoms with Gasteiger partial charge >= 0.3 is 0 Å². The van der Waals surface area contributed by atoms with Crippen LogP contribution in [0.5, 0.6) is 0 Å². The van der Waals surface area contributed by atoms with Gasteiger partial charge in [-0.05, 0) is 61.9 Å². The minimum atomic E-state index is -0.0720. The molecule has 0 radical (unpaired) electrons. The van der Waals surface area contributed by atoms with Crippen LogP contribution in [0.4, 0.5) is 5.69 Å². The lowest BCUT2D eigenvalue weighted by atomic mass is 9.82. The standard InChI is InChI=1S/C17H22N2O/c1-3-13-6-11(2)19-17-5-4-14(9-16(13)17)18-10-12-7-15(20)8-12/h4-6,9,12,15,18,20H,3,7-8,10H2,1-2H3. The molecule has 2 aromatic rings. The maximum absolute atomic E-state index is 9.32. The first-order valence-electron chi connectivity index (χ1n) is 7.48. The van der Waals surface area contributed by atoms with Gasteiger partial charge in [-0.2, -0.15) is 0 Å². The average Bonchev–Trinajstić information content (AvgIpc) is 2.41. The highest BCUT2D eigenvalue weighted by atomic mass is 16.3. The van der Waals surface area contributed by atoms with Gasteiger partial charge in [0.05, 0.1) is 11.6 Å². The molecule has 0 aliphatic heterocycles. The minimum absolute atomic E-state index is 0.0720. The summed E-state index contributed by atoms with van der Waals surface area (Å²) in [7, 11) is 0. The molecule has 1 aromatic heterocycles. The van der Waals surface area contributed by atoms with Crippen LogP contribution in [0.1, 0.15) is 31.0 Å². The summed E-state index contributed by atoms with van der Waals surface area (Å²) in [6, 6.07) is 8.58. The molecular weight excluding hydrogens is 248 g/mol. The third-order valence-corrected chi connectivity index (χ3v) is 4.21. The van der Waals surface area contributed by atoms with Crippen molar-refractivity contribution in [1.29, 1.82) is 0 Å². The lowest BCUT2D eigenvalue weighted by molar-refractivity contribution is 0.0487. The zero-order chi connectivity index (χ0) is 14.1. The van der Waals surface area contributed by atoms with Crippen molar-refractivity contribution in [2.75, 3.05) is 11.9 Å². The van der Waals surface area contributed by atoms with Crippen molar-refractivity contribution in [2.45, 2.75) is 39.2 Å². The van der Waals surface area contributed by atoms with E-state index in [0.717, 1.165) is 42.7 Å². The van der Waals surface area contributed by atoms with Crippen molar-refractivity contribution >= 4 is 16.6 Å². The molecule has 106 valence electrons. The van der Waals surface area contributed by atoms with E-state index >= 15 is 0 Å². The van der Waals surface area contributed by atoms with Gasteiger partial charge < -0.3 is 10.4 Å². The number of aromatic nitrogens is 1. The van der Waals surface area contributed by atoms with Crippen LogP contribution in [-0.2, 0) is 6.42 Å². The second kappa shape index (κ2) is 5.41. The molecule has 0 bridgehead atoms. The second-order valence-electron chi connectivity index (χ2n) is 5.88. The van der Waals surface area contributed by atoms with Gasteiger partial charge in [0.1, 0.15) is 0 Å². The van der Waals surface area contributed by atoms with Crippen LogP contribution >= 0.6 is 0 Å². The number of aliphatic hydroxyl groups is 1. The SMILES string of the molecule is CCc1cc(C)nc2ccc(NCC3CC(O)C3)cc12. The Kier molecular flexibility index (Phi) is 3.62. The van der Waals surface area contributed by atoms with Crippen molar-refractivity contribution in [3.05, 3.63) is 35.5 Å². The van der Waals surface area contributed by atoms with E-state index in [9.17, 15) is 5.11 Å². The highest BCUT2D eigenvalue weighted by molar-refractivity contribution is 5.85. The Hall–Kier alpha value is -1.61. The van der Waals surface area contributed by atoms with Gasteiger partial charge in [-0.1, -0.05) is 6.92 Å². The molecule has 3 nitrogen and oxygen atoms in total. The first kappa shape index (κ1) is 13.4. The lowest BCUT2D eigenvalue weighted by Crippen LogP contribution is -2.33. The van der Waals surface area contributed by atoms with Crippen LogP contribution in [-0.4, -0.2) is 22.7 Å². The predicted molar refractivity (Wildman–Crippen MR) is 83.1 cm³/mol. The van der Waals surface area contributed by atoms with Crippen LogP contribution in [0.25, 0.3) is 10.9 Å². The van der Waals surface area contributed by atoms with Crippen LogP contribution in [0.2, 0.25) is 0 Å². The van der Waals surface area contributed by atoms with Crippen molar-refractivity contribution in [3.8, 4) is 0 Å². The summed E-state index contributed by atoms with van der Waals surface area (Å²) in [6.45, 7) is 5.18. The zero-order valence-corrected chi connectivity index (χ0v) is 12.2. The number of anilines is 1. The van der Waals surface area contributed by atoms with Gasteiger partial charge in [0.2, 0.25) is 0 Å². The second-order valence-corrected chi connectivity index (χ2v) is 5.88. The highest BCUT2D eigenvalue weighted by Crippen LogP contribution is 2.28. The van der Waals surface area contributed by atoms with E-state index in [1.807, 2.05) is 6.92 Å². The summed E-state index contributed by atoms with van der Waals surface area (Å²) in [5, 5.41) is 14.0. The molecule has 0 unspecified atom stereocenters. The molecule has 1 aliphatic carbocycles. The third kappa shape index (κ3) is 2.63. The van der Waals surface area contributed by atoms with Crippen molar-refractivity contribution < 1.29 is 5.11 Å². The third-order valence-electron chi connectivity index (χ3n) is 4.21. The van der Waals surface area contributed by atoms with Crippen molar-refractivity contribution in [2.24, 2.45) is 5.92 Å². The number of hydrogen-bond acceptors (Lipinski definition) is 3. The first-order chi connectivity index (χ1) is 9.65. The Morgan fingerprint density at radius 3 is 2.80 bits per heavy atom. The summed E-state index contributed by atoms with van der Waals surface area (Å²) in [5.74, 6) is 0.613. The maximum Gasteiger partial charge on any atom is 0.0709 e. The Morgan fingerprint density at radius 2 is 2.10 bits per heavy atom. The number of nitrogens with zero attached hydrogens (tertiary/aromatic N) is 1. The summed E-state index contributed by atoms with van der Waals surface area (Å²) in [4.78, 5) is 4.60. The summed E-state index contributed by atoms with van der Waals surface area (Å²) >= 11 is 0. The minimum Gasteiger partial charge on any atom is -0.393 e. The normalized spacial score (nSPS) is 21.8. The number of aliphatic hydroxyl groups excluding tert-OH is 1. The summed E-state index contributed by atoms with van der Waals surface area (Å²) < 4.78 is 0. The van der Waals surface area contributed by atoms with Crippen LogP contribution in [0.3, 0.4) is 0 Å². The molecule has 1 saturated carbocycles. The zero-order valence-electron chi connectivity index (χ0n) is 12.2. The topological polar surface area (TPSA) is 45.2 Å². The Labute approximate surface area is 120 Å². The fourth-order valence-corrected chi connectivity index (χ4v) is 2.97. The van der Waals surface area contributed by atoms with Crippen LogP contribution in [0, 0.1) is 12.8 Å². The summed E-state index contributed by atoms with van der Waals surface area (Å²) in [6.07, 6.45) is 2.82. The van der Waals surface area contributed by atoms with Gasteiger partial charge in [0.25, 0.3) is 0 Å². The van der Waals surface area contributed by atoms with E-state index < -0.39 is 0 Å². The van der Waals surface area contributed by atoms with Crippen LogP contribution < -0.4 is 5.32 Å². The van der Waals surface area contributed by atoms with Gasteiger partial charge in [-0.3, -0.25) is 4.98 Å². The molecule has 1 aliphatic rings. The van der Waals surface area contributed by atoms with E-state index in [2.05, 4.69) is 41.5 Å². The monoisotopic (exact) mass is 270 g/mol. The molecule has 1 fully saturated rings. The number of fused-ring (bicyclic) bond motifs is 1. The molecular formula is C17H22N2O. The van der Waals surface area contributed by atoms with E-state index in [4.69, 9.17) is 0 Å². The molecule has 3 rings (SSSR count). The van der Waals surface area contributed by atoms with Gasteiger partial charge in [0.15, 0.2) is 0 Å². The fraction of sp³-hybridized carbons (Fsp3) is 0.471. The Morgan fingerprint density at radius 1 is 1.30 bits per heavy atom. The first-order valence-corrected chi connectivity index (χ1v) is 7.48. The number of benzene rings is 1. The Bertz CT molecular complexity index is 618. The number of rotatable bonds is 4. The molecule has 1 heterocycles. The molecule has 0 atom stereocenters. The number of pyridine rings is 1. The van der Waals surface area contributed by atoms with Crippen LogP contribution in [0.15, 0.2) is 24.3 Å². The van der Waals surface area contributed by atoms with E-state index in [1.165, 1.54) is 10.9 Å². The number of hydrogen-bond donors (Lipinski definition) is 2. The number of aryl methyl sites for hydroxylation is 2. The predicted octanol–water partition coefficient (Wildman–Crippen LogP) is 3.29.